The molecule has 0 aliphatic heterocycles. The Labute approximate surface area is 175 Å². The van der Waals surface area contributed by atoms with Gasteiger partial charge >= 0.3 is 0 Å². The maximum Gasteiger partial charge on any atom is 0.194 e. The first-order valence-corrected chi connectivity index (χ1v) is 9.53. The molecular weight excluding hydrogens is 380 g/mol. The van der Waals surface area contributed by atoms with E-state index < -0.39 is 0 Å². The highest BCUT2D eigenvalue weighted by molar-refractivity contribution is 6.34. The highest BCUT2D eigenvalue weighted by Crippen LogP contribution is 2.18. The summed E-state index contributed by atoms with van der Waals surface area (Å²) in [5.41, 5.74) is 2.67. The van der Waals surface area contributed by atoms with Crippen LogP contribution in [0, 0.1) is 0 Å². The van der Waals surface area contributed by atoms with E-state index in [1.165, 1.54) is 0 Å². The number of carbonyl (C=O) groups is 2. The molecule has 0 heterocycles. The summed E-state index contributed by atoms with van der Waals surface area (Å²) in [5.74, 6) is 0.0346. The first-order chi connectivity index (χ1) is 14.2. The van der Waals surface area contributed by atoms with Crippen molar-refractivity contribution >= 4 is 23.2 Å². The number of ketones is 2. The van der Waals surface area contributed by atoms with Crippen LogP contribution in [0.4, 0.5) is 0 Å². The van der Waals surface area contributed by atoms with E-state index in [0.717, 1.165) is 11.1 Å². The molecular formula is C26H19ClO2. The van der Waals surface area contributed by atoms with Gasteiger partial charge in [0.25, 0.3) is 0 Å². The lowest BCUT2D eigenvalue weighted by Gasteiger charge is -2.02. The monoisotopic (exact) mass is 398 g/mol. The lowest BCUT2D eigenvalue weighted by Crippen LogP contribution is -2.01. The van der Waals surface area contributed by atoms with E-state index in [9.17, 15) is 9.59 Å². The summed E-state index contributed by atoms with van der Waals surface area (Å²) in [4.78, 5) is 23.8. The zero-order valence-electron chi connectivity index (χ0n) is 15.7. The van der Waals surface area contributed by atoms with Crippen molar-refractivity contribution in [3.63, 3.8) is 0 Å². The predicted octanol–water partition coefficient (Wildman–Crippen LogP) is 6.49. The molecule has 4 aromatic rings. The Morgan fingerprint density at radius 2 is 0.793 bits per heavy atom. The van der Waals surface area contributed by atoms with E-state index in [1.807, 2.05) is 91.0 Å². The van der Waals surface area contributed by atoms with E-state index in [2.05, 4.69) is 0 Å². The fourth-order valence-electron chi connectivity index (χ4n) is 2.74. The van der Waals surface area contributed by atoms with Crippen molar-refractivity contribution < 1.29 is 9.59 Å². The van der Waals surface area contributed by atoms with Crippen LogP contribution in [0.2, 0.25) is 5.02 Å². The summed E-state index contributed by atoms with van der Waals surface area (Å²) in [5, 5.41) is 0.492. The van der Waals surface area contributed by atoms with Gasteiger partial charge in [-0.1, -0.05) is 115 Å². The van der Waals surface area contributed by atoms with Gasteiger partial charge in [-0.15, -0.1) is 0 Å². The summed E-state index contributed by atoms with van der Waals surface area (Å²) >= 11 is 5.95. The second kappa shape index (κ2) is 10.2. The van der Waals surface area contributed by atoms with Crippen LogP contribution in [0.1, 0.15) is 31.8 Å². The molecule has 0 aliphatic rings. The molecule has 0 unspecified atom stereocenters. The Kier molecular flexibility index (Phi) is 7.10. The third-order valence-electron chi connectivity index (χ3n) is 4.23. The lowest BCUT2D eigenvalue weighted by molar-refractivity contribution is 0.103. The Morgan fingerprint density at radius 1 is 0.448 bits per heavy atom. The minimum Gasteiger partial charge on any atom is -0.289 e. The van der Waals surface area contributed by atoms with Gasteiger partial charge < -0.3 is 0 Å². The molecule has 0 spiro atoms. The van der Waals surface area contributed by atoms with E-state index in [4.69, 9.17) is 11.6 Å². The predicted molar refractivity (Wildman–Crippen MR) is 118 cm³/mol. The molecule has 0 fully saturated rings. The summed E-state index contributed by atoms with van der Waals surface area (Å²) in [7, 11) is 0. The van der Waals surface area contributed by atoms with Gasteiger partial charge in [-0.2, -0.15) is 0 Å². The van der Waals surface area contributed by atoms with Gasteiger partial charge in [0.2, 0.25) is 0 Å². The molecule has 0 atom stereocenters. The topological polar surface area (TPSA) is 34.1 Å². The third-order valence-corrected chi connectivity index (χ3v) is 4.56. The van der Waals surface area contributed by atoms with Crippen molar-refractivity contribution in [3.8, 4) is 0 Å². The van der Waals surface area contributed by atoms with Crippen molar-refractivity contribution in [2.24, 2.45) is 0 Å². The number of halogens is 1. The van der Waals surface area contributed by atoms with Crippen LogP contribution >= 0.6 is 11.6 Å². The number of carbonyl (C=O) groups excluding carboxylic acids is 2. The van der Waals surface area contributed by atoms with E-state index in [1.54, 1.807) is 24.3 Å². The molecule has 0 aromatic heterocycles. The number of hydrogen-bond acceptors (Lipinski definition) is 2. The fraction of sp³-hybridized carbons (Fsp3) is 0. The molecule has 4 aromatic carbocycles. The van der Waals surface area contributed by atoms with E-state index >= 15 is 0 Å². The molecule has 0 aliphatic carbocycles. The SMILES string of the molecule is O=C(c1ccccc1)c1ccccc1.O=C(c1ccccc1)c1ccccc1Cl. The zero-order chi connectivity index (χ0) is 20.5. The summed E-state index contributed by atoms with van der Waals surface area (Å²) in [6.07, 6.45) is 0. The van der Waals surface area contributed by atoms with Gasteiger partial charge in [0.05, 0.1) is 5.02 Å². The van der Waals surface area contributed by atoms with Crippen LogP contribution in [-0.4, -0.2) is 11.6 Å². The van der Waals surface area contributed by atoms with E-state index in [-0.39, 0.29) is 11.6 Å². The van der Waals surface area contributed by atoms with Crippen molar-refractivity contribution in [3.05, 3.63) is 143 Å². The van der Waals surface area contributed by atoms with Gasteiger partial charge in [0.15, 0.2) is 11.6 Å². The Hall–Kier alpha value is -3.49. The highest BCUT2D eigenvalue weighted by Gasteiger charge is 2.11. The first-order valence-electron chi connectivity index (χ1n) is 9.16. The summed E-state index contributed by atoms with van der Waals surface area (Å²) in [6, 6.07) is 34.8. The maximum atomic E-state index is 12.0. The van der Waals surface area contributed by atoms with Gasteiger partial charge in [-0.3, -0.25) is 9.59 Å². The zero-order valence-corrected chi connectivity index (χ0v) is 16.4. The third kappa shape index (κ3) is 5.50. The lowest BCUT2D eigenvalue weighted by atomic mass is 10.0. The molecule has 29 heavy (non-hydrogen) atoms. The molecule has 3 heteroatoms. The van der Waals surface area contributed by atoms with Crippen molar-refractivity contribution in [1.29, 1.82) is 0 Å². The van der Waals surface area contributed by atoms with Gasteiger partial charge in [-0.05, 0) is 12.1 Å². The van der Waals surface area contributed by atoms with Crippen molar-refractivity contribution in [2.75, 3.05) is 0 Å². The smallest absolute Gasteiger partial charge is 0.194 e. The van der Waals surface area contributed by atoms with Crippen LogP contribution in [0.15, 0.2) is 115 Å². The van der Waals surface area contributed by atoms with E-state index in [0.29, 0.717) is 16.1 Å². The van der Waals surface area contributed by atoms with Crippen LogP contribution in [0.25, 0.3) is 0 Å². The first kappa shape index (κ1) is 20.2. The standard InChI is InChI=1S/C13H9ClO.C13H10O/c14-12-9-5-4-8-11(12)13(15)10-6-2-1-3-7-10;14-13(11-7-3-1-4-8-11)12-9-5-2-6-10-12/h1-9H;1-10H. The highest BCUT2D eigenvalue weighted by atomic mass is 35.5. The minimum absolute atomic E-state index is 0.0406. The molecule has 0 amide bonds. The summed E-state index contributed by atoms with van der Waals surface area (Å²) < 4.78 is 0. The van der Waals surface area contributed by atoms with Gasteiger partial charge in [-0.25, -0.2) is 0 Å². The average molecular weight is 399 g/mol. The normalized spacial score (nSPS) is 9.83. The second-order valence-corrected chi connectivity index (χ2v) is 6.64. The van der Waals surface area contributed by atoms with Crippen molar-refractivity contribution in [1.82, 2.24) is 0 Å². The molecule has 142 valence electrons. The van der Waals surface area contributed by atoms with Crippen LogP contribution in [0.5, 0.6) is 0 Å². The van der Waals surface area contributed by atoms with Gasteiger partial charge in [0, 0.05) is 22.3 Å². The average Bonchev–Trinajstić information content (AvgIpc) is 2.81. The number of rotatable bonds is 4. The molecule has 2 nitrogen and oxygen atoms in total. The Bertz CT molecular complexity index is 1030. The molecule has 4 rings (SSSR count). The van der Waals surface area contributed by atoms with Gasteiger partial charge in [0.1, 0.15) is 0 Å². The molecule has 0 saturated carbocycles. The quantitative estimate of drug-likeness (QED) is 0.368. The fourth-order valence-corrected chi connectivity index (χ4v) is 2.96. The molecule has 0 N–H and O–H groups in total. The second-order valence-electron chi connectivity index (χ2n) is 6.24. The maximum absolute atomic E-state index is 12.0. The minimum atomic E-state index is -0.0406. The largest absolute Gasteiger partial charge is 0.289 e. The Morgan fingerprint density at radius 3 is 1.21 bits per heavy atom. The van der Waals surface area contributed by atoms with Crippen LogP contribution in [0.3, 0.4) is 0 Å². The molecule has 0 radical (unpaired) electrons. The Balaban J connectivity index is 0.000000166. The van der Waals surface area contributed by atoms with Crippen LogP contribution < -0.4 is 0 Å². The number of hydrogen-bond donors (Lipinski definition) is 0. The number of benzene rings is 4. The summed E-state index contributed by atoms with van der Waals surface area (Å²) in [6.45, 7) is 0. The van der Waals surface area contributed by atoms with Crippen LogP contribution in [-0.2, 0) is 0 Å². The molecule has 0 saturated heterocycles. The van der Waals surface area contributed by atoms with Crippen molar-refractivity contribution in [2.45, 2.75) is 0 Å². The molecule has 0 bridgehead atoms.